The van der Waals surface area contributed by atoms with Gasteiger partial charge in [-0.15, -0.1) is 0 Å². The van der Waals surface area contributed by atoms with Gasteiger partial charge < -0.3 is 9.80 Å². The second-order valence-corrected chi connectivity index (χ2v) is 7.53. The number of rotatable bonds is 3. The number of hydrogen-bond acceptors (Lipinski definition) is 2. The molecule has 0 saturated heterocycles. The van der Waals surface area contributed by atoms with E-state index in [2.05, 4.69) is 72.3 Å². The highest BCUT2D eigenvalue weighted by atomic mass is 16.2. The van der Waals surface area contributed by atoms with Gasteiger partial charge in [-0.3, -0.25) is 4.79 Å². The van der Waals surface area contributed by atoms with Gasteiger partial charge in [0, 0.05) is 37.3 Å². The van der Waals surface area contributed by atoms with Crippen LogP contribution in [0.5, 0.6) is 0 Å². The first-order valence-corrected chi connectivity index (χ1v) is 9.26. The van der Waals surface area contributed by atoms with Crippen LogP contribution < -0.4 is 9.80 Å². The lowest BCUT2D eigenvalue weighted by molar-refractivity contribution is -0.117. The molecule has 1 aliphatic heterocycles. The molecule has 3 nitrogen and oxygen atoms in total. The lowest BCUT2D eigenvalue weighted by atomic mass is 9.79. The largest absolute Gasteiger partial charge is 0.367 e. The van der Waals surface area contributed by atoms with Crippen LogP contribution in [0.2, 0.25) is 0 Å². The van der Waals surface area contributed by atoms with Gasteiger partial charge in [0.15, 0.2) is 0 Å². The average Bonchev–Trinajstić information content (AvgIpc) is 3.45. The van der Waals surface area contributed by atoms with Gasteiger partial charge in [0.05, 0.1) is 6.04 Å². The lowest BCUT2D eigenvalue weighted by Gasteiger charge is -2.48. The van der Waals surface area contributed by atoms with Gasteiger partial charge in [0.1, 0.15) is 0 Å². The standard InChI is InChI=1S/C22H26N2O/c1-15-21(17-13-14-17)24(16(2)25)20-12-8-7-11-19(20)22(15)23(3)18-9-5-4-6-10-18/h4-12,15,17,21-22H,13-14H2,1-3H3/t15-,21-,22-/m1/s1. The van der Waals surface area contributed by atoms with Crippen molar-refractivity contribution in [2.45, 2.75) is 38.8 Å². The number of fused-ring (bicyclic) bond motifs is 1. The predicted octanol–water partition coefficient (Wildman–Crippen LogP) is 4.65. The minimum atomic E-state index is 0.164. The Morgan fingerprint density at radius 2 is 1.68 bits per heavy atom. The van der Waals surface area contributed by atoms with Crippen molar-refractivity contribution in [3.05, 3.63) is 60.2 Å². The van der Waals surface area contributed by atoms with Gasteiger partial charge in [-0.05, 0) is 42.5 Å². The first-order valence-electron chi connectivity index (χ1n) is 9.26. The number of hydrogen-bond donors (Lipinski definition) is 0. The van der Waals surface area contributed by atoms with Gasteiger partial charge in [0.2, 0.25) is 5.91 Å². The summed E-state index contributed by atoms with van der Waals surface area (Å²) in [5, 5.41) is 0. The van der Waals surface area contributed by atoms with Gasteiger partial charge in [-0.2, -0.15) is 0 Å². The summed E-state index contributed by atoms with van der Waals surface area (Å²) in [5.41, 5.74) is 3.58. The fourth-order valence-corrected chi connectivity index (χ4v) is 4.67. The molecule has 1 saturated carbocycles. The van der Waals surface area contributed by atoms with E-state index in [1.807, 2.05) is 6.07 Å². The van der Waals surface area contributed by atoms with Gasteiger partial charge in [-0.1, -0.05) is 43.3 Å². The predicted molar refractivity (Wildman–Crippen MR) is 103 cm³/mol. The minimum absolute atomic E-state index is 0.164. The van der Waals surface area contributed by atoms with Crippen LogP contribution in [0, 0.1) is 11.8 Å². The molecule has 1 heterocycles. The third-order valence-electron chi connectivity index (χ3n) is 5.87. The molecule has 4 rings (SSSR count). The quantitative estimate of drug-likeness (QED) is 0.816. The number of benzene rings is 2. The van der Waals surface area contributed by atoms with Crippen molar-refractivity contribution in [2.75, 3.05) is 16.8 Å². The Hall–Kier alpha value is -2.29. The van der Waals surface area contributed by atoms with Crippen LogP contribution in [-0.2, 0) is 4.79 Å². The van der Waals surface area contributed by atoms with Crippen molar-refractivity contribution in [1.82, 2.24) is 0 Å². The third-order valence-corrected chi connectivity index (χ3v) is 5.87. The van der Waals surface area contributed by atoms with Crippen LogP contribution in [-0.4, -0.2) is 19.0 Å². The summed E-state index contributed by atoms with van der Waals surface area (Å²) in [6.07, 6.45) is 2.48. The SMILES string of the molecule is CC(=O)N1c2ccccc2[C@H](N(C)c2ccccc2)[C@H](C)[C@@H]1C1CC1. The molecule has 2 aliphatic rings. The van der Waals surface area contributed by atoms with Crippen molar-refractivity contribution in [3.8, 4) is 0 Å². The van der Waals surface area contributed by atoms with Crippen molar-refractivity contribution in [3.63, 3.8) is 0 Å². The molecule has 1 aliphatic carbocycles. The Bertz CT molecular complexity index is 769. The maximum Gasteiger partial charge on any atom is 0.224 e. The van der Waals surface area contributed by atoms with E-state index < -0.39 is 0 Å². The fourth-order valence-electron chi connectivity index (χ4n) is 4.67. The summed E-state index contributed by atoms with van der Waals surface area (Å²) in [6.45, 7) is 4.03. The molecular weight excluding hydrogens is 308 g/mol. The Balaban J connectivity index is 1.83. The van der Waals surface area contributed by atoms with E-state index >= 15 is 0 Å². The topological polar surface area (TPSA) is 23.6 Å². The van der Waals surface area contributed by atoms with Gasteiger partial charge in [-0.25, -0.2) is 0 Å². The number of carbonyl (C=O) groups is 1. The zero-order chi connectivity index (χ0) is 17.6. The highest BCUT2D eigenvalue weighted by Crippen LogP contribution is 2.51. The normalized spacial score (nSPS) is 25.4. The van der Waals surface area contributed by atoms with Gasteiger partial charge in [0.25, 0.3) is 0 Å². The summed E-state index contributed by atoms with van der Waals surface area (Å²) in [4.78, 5) is 17.0. The van der Waals surface area contributed by atoms with Crippen LogP contribution in [0.1, 0.15) is 38.3 Å². The molecule has 0 N–H and O–H groups in total. The molecule has 3 heteroatoms. The number of para-hydroxylation sites is 2. The van der Waals surface area contributed by atoms with E-state index in [0.29, 0.717) is 17.9 Å². The van der Waals surface area contributed by atoms with E-state index in [1.165, 1.54) is 24.1 Å². The maximum absolute atomic E-state index is 12.5. The van der Waals surface area contributed by atoms with Crippen LogP contribution >= 0.6 is 0 Å². The first-order chi connectivity index (χ1) is 12.1. The molecule has 0 spiro atoms. The number of amides is 1. The minimum Gasteiger partial charge on any atom is -0.367 e. The Morgan fingerprint density at radius 1 is 1.04 bits per heavy atom. The van der Waals surface area contributed by atoms with Crippen molar-refractivity contribution < 1.29 is 4.79 Å². The van der Waals surface area contributed by atoms with Crippen LogP contribution in [0.4, 0.5) is 11.4 Å². The monoisotopic (exact) mass is 334 g/mol. The van der Waals surface area contributed by atoms with Crippen LogP contribution in [0.3, 0.4) is 0 Å². The third kappa shape index (κ3) is 2.72. The first kappa shape index (κ1) is 16.2. The molecule has 0 bridgehead atoms. The molecule has 2 aromatic rings. The Labute approximate surface area is 150 Å². The lowest BCUT2D eigenvalue weighted by Crippen LogP contribution is -2.52. The molecular formula is C22H26N2O. The van der Waals surface area contributed by atoms with Gasteiger partial charge >= 0.3 is 0 Å². The molecule has 0 radical (unpaired) electrons. The summed E-state index contributed by atoms with van der Waals surface area (Å²) >= 11 is 0. The smallest absolute Gasteiger partial charge is 0.224 e. The second-order valence-electron chi connectivity index (χ2n) is 7.53. The molecule has 3 atom stereocenters. The number of anilines is 2. The van der Waals surface area contributed by atoms with E-state index in [9.17, 15) is 4.79 Å². The summed E-state index contributed by atoms with van der Waals surface area (Å²) in [7, 11) is 2.18. The van der Waals surface area contributed by atoms with Crippen LogP contribution in [0.15, 0.2) is 54.6 Å². The average molecular weight is 334 g/mol. The van der Waals surface area contributed by atoms with Crippen molar-refractivity contribution in [1.29, 1.82) is 0 Å². The van der Waals surface area contributed by atoms with E-state index in [0.717, 1.165) is 5.69 Å². The Kier molecular flexibility index (Phi) is 4.03. The van der Waals surface area contributed by atoms with Crippen molar-refractivity contribution >= 4 is 17.3 Å². The number of carbonyl (C=O) groups excluding carboxylic acids is 1. The summed E-state index contributed by atoms with van der Waals surface area (Å²) in [5.74, 6) is 1.19. The number of nitrogens with zero attached hydrogens (tertiary/aromatic N) is 2. The van der Waals surface area contributed by atoms with Crippen LogP contribution in [0.25, 0.3) is 0 Å². The maximum atomic E-state index is 12.5. The zero-order valence-corrected chi connectivity index (χ0v) is 15.2. The summed E-state index contributed by atoms with van der Waals surface area (Å²) < 4.78 is 0. The van der Waals surface area contributed by atoms with E-state index in [4.69, 9.17) is 0 Å². The Morgan fingerprint density at radius 3 is 2.32 bits per heavy atom. The highest BCUT2D eigenvalue weighted by Gasteiger charge is 2.48. The second kappa shape index (κ2) is 6.21. The molecule has 130 valence electrons. The summed E-state index contributed by atoms with van der Waals surface area (Å²) in [6, 6.07) is 19.6. The molecule has 1 fully saturated rings. The molecule has 0 unspecified atom stereocenters. The molecule has 25 heavy (non-hydrogen) atoms. The molecule has 1 amide bonds. The highest BCUT2D eigenvalue weighted by molar-refractivity contribution is 5.94. The fraction of sp³-hybridized carbons (Fsp3) is 0.409. The molecule has 0 aromatic heterocycles. The molecule has 2 aromatic carbocycles. The van der Waals surface area contributed by atoms with Crippen molar-refractivity contribution in [2.24, 2.45) is 11.8 Å². The van der Waals surface area contributed by atoms with E-state index in [1.54, 1.807) is 6.92 Å². The zero-order valence-electron chi connectivity index (χ0n) is 15.2. The van der Waals surface area contributed by atoms with E-state index in [-0.39, 0.29) is 11.9 Å².